The summed E-state index contributed by atoms with van der Waals surface area (Å²) >= 11 is 0. The van der Waals surface area contributed by atoms with E-state index in [-0.39, 0.29) is 13.2 Å². The highest BCUT2D eigenvalue weighted by Gasteiger charge is 2.17. The Kier molecular flexibility index (Phi) is 4.47. The number of likely N-dealkylation sites (N-methyl/N-ethyl adjacent to an activating group) is 1. The summed E-state index contributed by atoms with van der Waals surface area (Å²) in [4.78, 5) is 24.0. The van der Waals surface area contributed by atoms with E-state index in [0.29, 0.717) is 5.69 Å². The molecule has 86 valence electrons. The van der Waals surface area contributed by atoms with Crippen molar-refractivity contribution in [1.29, 1.82) is 0 Å². The van der Waals surface area contributed by atoms with Crippen LogP contribution in [-0.2, 0) is 9.59 Å². The van der Waals surface area contributed by atoms with Crippen molar-refractivity contribution in [1.82, 2.24) is 4.90 Å². The van der Waals surface area contributed by atoms with Crippen molar-refractivity contribution >= 4 is 17.5 Å². The fraction of sp³-hybridized carbons (Fsp3) is 0.273. The molecule has 0 spiro atoms. The lowest BCUT2D eigenvalue weighted by molar-refractivity contribution is -0.142. The highest BCUT2D eigenvalue weighted by atomic mass is 16.3. The standard InChI is InChI=1S/C11H14N2O3/c1-13(7-8-14)11(16)10(15)12-9-5-3-2-4-6-9/h2-6,14H,7-8H2,1H3,(H,12,15). The Labute approximate surface area is 93.7 Å². The molecule has 0 fully saturated rings. The molecule has 0 saturated heterocycles. The average molecular weight is 222 g/mol. The highest BCUT2D eigenvalue weighted by Crippen LogP contribution is 2.04. The smallest absolute Gasteiger partial charge is 0.313 e. The Morgan fingerprint density at radius 3 is 2.50 bits per heavy atom. The van der Waals surface area contributed by atoms with Crippen molar-refractivity contribution in [3.63, 3.8) is 0 Å². The second kappa shape index (κ2) is 5.87. The summed E-state index contributed by atoms with van der Waals surface area (Å²) in [6.45, 7) is -0.0259. The third kappa shape index (κ3) is 3.36. The van der Waals surface area contributed by atoms with Gasteiger partial charge in [0.1, 0.15) is 0 Å². The first-order chi connectivity index (χ1) is 7.65. The van der Waals surface area contributed by atoms with Crippen molar-refractivity contribution < 1.29 is 14.7 Å². The maximum atomic E-state index is 11.4. The van der Waals surface area contributed by atoms with Gasteiger partial charge in [-0.15, -0.1) is 0 Å². The van der Waals surface area contributed by atoms with Gasteiger partial charge in [0, 0.05) is 19.3 Å². The zero-order valence-electron chi connectivity index (χ0n) is 9.01. The van der Waals surface area contributed by atoms with Crippen LogP contribution in [0.4, 0.5) is 5.69 Å². The molecule has 0 radical (unpaired) electrons. The van der Waals surface area contributed by atoms with Gasteiger partial charge in [0.2, 0.25) is 0 Å². The molecule has 0 aliphatic rings. The van der Waals surface area contributed by atoms with Gasteiger partial charge in [-0.2, -0.15) is 0 Å². The molecule has 2 N–H and O–H groups in total. The number of rotatable bonds is 3. The van der Waals surface area contributed by atoms with Crippen molar-refractivity contribution in [2.45, 2.75) is 0 Å². The molecule has 0 atom stereocenters. The lowest BCUT2D eigenvalue weighted by Gasteiger charge is -2.14. The predicted molar refractivity (Wildman–Crippen MR) is 59.8 cm³/mol. The Morgan fingerprint density at radius 1 is 1.31 bits per heavy atom. The first-order valence-electron chi connectivity index (χ1n) is 4.87. The summed E-state index contributed by atoms with van der Waals surface area (Å²) in [6.07, 6.45) is 0. The predicted octanol–water partition coefficient (Wildman–Crippen LogP) is 0.0758. The number of amides is 2. The fourth-order valence-electron chi connectivity index (χ4n) is 1.13. The number of aliphatic hydroxyl groups is 1. The Hall–Kier alpha value is -1.88. The van der Waals surface area contributed by atoms with Crippen molar-refractivity contribution in [3.05, 3.63) is 30.3 Å². The topological polar surface area (TPSA) is 69.6 Å². The van der Waals surface area contributed by atoms with Crippen LogP contribution in [-0.4, -0.2) is 42.0 Å². The number of nitrogens with zero attached hydrogens (tertiary/aromatic N) is 1. The van der Waals surface area contributed by atoms with Crippen LogP contribution in [0.2, 0.25) is 0 Å². The van der Waals surface area contributed by atoms with Gasteiger partial charge in [0.25, 0.3) is 0 Å². The molecular weight excluding hydrogens is 208 g/mol. The van der Waals surface area contributed by atoms with E-state index in [4.69, 9.17) is 5.11 Å². The molecule has 0 saturated carbocycles. The molecule has 0 aliphatic carbocycles. The van der Waals surface area contributed by atoms with Crippen LogP contribution in [0, 0.1) is 0 Å². The van der Waals surface area contributed by atoms with Crippen molar-refractivity contribution in [3.8, 4) is 0 Å². The van der Waals surface area contributed by atoms with Gasteiger partial charge < -0.3 is 15.3 Å². The Balaban J connectivity index is 2.56. The van der Waals surface area contributed by atoms with Crippen LogP contribution in [0.5, 0.6) is 0 Å². The lowest BCUT2D eigenvalue weighted by atomic mass is 10.3. The molecule has 0 unspecified atom stereocenters. The van der Waals surface area contributed by atoms with Crippen LogP contribution in [0.3, 0.4) is 0 Å². The first-order valence-corrected chi connectivity index (χ1v) is 4.87. The fourth-order valence-corrected chi connectivity index (χ4v) is 1.13. The van der Waals surface area contributed by atoms with Crippen LogP contribution in [0.25, 0.3) is 0 Å². The molecule has 5 nitrogen and oxygen atoms in total. The number of hydrogen-bond donors (Lipinski definition) is 2. The molecule has 0 aliphatic heterocycles. The number of para-hydroxylation sites is 1. The molecule has 1 rings (SSSR count). The number of hydrogen-bond acceptors (Lipinski definition) is 3. The van der Waals surface area contributed by atoms with E-state index >= 15 is 0 Å². The van der Waals surface area contributed by atoms with Crippen molar-refractivity contribution in [2.75, 3.05) is 25.5 Å². The molecule has 0 aromatic heterocycles. The second-order valence-electron chi connectivity index (χ2n) is 3.27. The van der Waals surface area contributed by atoms with Gasteiger partial charge in [0.15, 0.2) is 0 Å². The largest absolute Gasteiger partial charge is 0.395 e. The van der Waals surface area contributed by atoms with Gasteiger partial charge in [0.05, 0.1) is 6.61 Å². The van der Waals surface area contributed by atoms with Gasteiger partial charge >= 0.3 is 11.8 Å². The molecule has 0 bridgehead atoms. The molecular formula is C11H14N2O3. The Morgan fingerprint density at radius 2 is 1.94 bits per heavy atom. The minimum Gasteiger partial charge on any atom is -0.395 e. The molecule has 16 heavy (non-hydrogen) atoms. The minimum absolute atomic E-state index is 0.140. The third-order valence-corrected chi connectivity index (χ3v) is 2.01. The molecule has 1 aromatic rings. The van der Waals surface area contributed by atoms with E-state index in [0.717, 1.165) is 4.90 Å². The summed E-state index contributed by atoms with van der Waals surface area (Å²) in [5, 5.41) is 11.1. The molecule has 0 heterocycles. The highest BCUT2D eigenvalue weighted by molar-refractivity contribution is 6.39. The molecule has 5 heteroatoms. The van der Waals surface area contributed by atoms with Crippen LogP contribution >= 0.6 is 0 Å². The van der Waals surface area contributed by atoms with E-state index in [2.05, 4.69) is 5.32 Å². The summed E-state index contributed by atoms with van der Waals surface area (Å²) in [7, 11) is 1.46. The number of carbonyl (C=O) groups excluding carboxylic acids is 2. The summed E-state index contributed by atoms with van der Waals surface area (Å²) < 4.78 is 0. The zero-order chi connectivity index (χ0) is 12.0. The Bertz CT molecular complexity index is 365. The van der Waals surface area contributed by atoms with E-state index in [9.17, 15) is 9.59 Å². The van der Waals surface area contributed by atoms with Crippen LogP contribution in [0.15, 0.2) is 30.3 Å². The van der Waals surface area contributed by atoms with Gasteiger partial charge in [-0.3, -0.25) is 9.59 Å². The molecule has 1 aromatic carbocycles. The quantitative estimate of drug-likeness (QED) is 0.711. The maximum Gasteiger partial charge on any atom is 0.313 e. The monoisotopic (exact) mass is 222 g/mol. The maximum absolute atomic E-state index is 11.4. The number of benzene rings is 1. The SMILES string of the molecule is CN(CCO)C(=O)C(=O)Nc1ccccc1. The van der Waals surface area contributed by atoms with E-state index in [1.165, 1.54) is 7.05 Å². The zero-order valence-corrected chi connectivity index (χ0v) is 9.01. The van der Waals surface area contributed by atoms with E-state index < -0.39 is 11.8 Å². The minimum atomic E-state index is -0.706. The number of aliphatic hydroxyl groups excluding tert-OH is 1. The summed E-state index contributed by atoms with van der Waals surface area (Å²) in [6, 6.07) is 8.72. The second-order valence-corrected chi connectivity index (χ2v) is 3.27. The van der Waals surface area contributed by atoms with Gasteiger partial charge in [-0.05, 0) is 12.1 Å². The molecule has 2 amide bonds. The number of carbonyl (C=O) groups is 2. The van der Waals surface area contributed by atoms with Gasteiger partial charge in [-0.25, -0.2) is 0 Å². The van der Waals surface area contributed by atoms with Crippen molar-refractivity contribution in [2.24, 2.45) is 0 Å². The van der Waals surface area contributed by atoms with Gasteiger partial charge in [-0.1, -0.05) is 18.2 Å². The van der Waals surface area contributed by atoms with E-state index in [1.54, 1.807) is 24.3 Å². The van der Waals surface area contributed by atoms with E-state index in [1.807, 2.05) is 6.07 Å². The first kappa shape index (κ1) is 12.2. The third-order valence-electron chi connectivity index (χ3n) is 2.01. The van der Waals surface area contributed by atoms with Crippen LogP contribution < -0.4 is 5.32 Å². The number of anilines is 1. The number of nitrogens with one attached hydrogen (secondary N) is 1. The van der Waals surface area contributed by atoms with Crippen LogP contribution in [0.1, 0.15) is 0 Å². The lowest BCUT2D eigenvalue weighted by Crippen LogP contribution is -2.38. The average Bonchev–Trinajstić information content (AvgIpc) is 2.29. The summed E-state index contributed by atoms with van der Waals surface area (Å²) in [5.41, 5.74) is 0.568. The summed E-state index contributed by atoms with van der Waals surface area (Å²) in [5.74, 6) is -1.37. The normalized spacial score (nSPS) is 9.62.